The van der Waals surface area contributed by atoms with Crippen molar-refractivity contribution < 1.29 is 14.8 Å². The molecule has 2 aromatic rings. The molecule has 0 heterocycles. The van der Waals surface area contributed by atoms with Gasteiger partial charge in [-0.2, -0.15) is 0 Å². The predicted molar refractivity (Wildman–Crippen MR) is 70.2 cm³/mol. The van der Waals surface area contributed by atoms with E-state index >= 15 is 0 Å². The normalized spacial score (nSPS) is 10.1. The summed E-state index contributed by atoms with van der Waals surface area (Å²) in [7, 11) is -1.60. The van der Waals surface area contributed by atoms with E-state index in [-0.39, 0.29) is 0 Å². The summed E-state index contributed by atoms with van der Waals surface area (Å²) < 4.78 is 0. The number of carbonyl (C=O) groups is 1. The Morgan fingerprint density at radius 3 is 2.11 bits per heavy atom. The smallest absolute Gasteiger partial charge is 0.423 e. The van der Waals surface area contributed by atoms with E-state index < -0.39 is 13.0 Å². The van der Waals surface area contributed by atoms with E-state index in [1.165, 1.54) is 0 Å². The molecule has 2 rings (SSSR count). The van der Waals surface area contributed by atoms with Crippen LogP contribution in [-0.2, 0) is 0 Å². The van der Waals surface area contributed by atoms with Gasteiger partial charge >= 0.3 is 7.12 Å². The Hall–Kier alpha value is -2.11. The van der Waals surface area contributed by atoms with Gasteiger partial charge in [-0.05, 0) is 22.7 Å². The first kappa shape index (κ1) is 12.4. The molecule has 0 aromatic heterocycles. The molecule has 0 spiro atoms. The van der Waals surface area contributed by atoms with Crippen LogP contribution < -0.4 is 11.2 Å². The molecular weight excluding hydrogens is 229 g/mol. The van der Waals surface area contributed by atoms with Gasteiger partial charge in [0.1, 0.15) is 0 Å². The third-order valence-corrected chi connectivity index (χ3v) is 2.72. The van der Waals surface area contributed by atoms with E-state index in [0.29, 0.717) is 22.2 Å². The lowest BCUT2D eigenvalue weighted by Gasteiger charge is -2.11. The fourth-order valence-corrected chi connectivity index (χ4v) is 1.90. The van der Waals surface area contributed by atoms with Crippen molar-refractivity contribution in [3.63, 3.8) is 0 Å². The van der Waals surface area contributed by atoms with Crippen LogP contribution in [0.3, 0.4) is 0 Å². The molecule has 0 saturated carbocycles. The summed E-state index contributed by atoms with van der Waals surface area (Å²) in [4.78, 5) is 11.4. The Morgan fingerprint density at radius 2 is 1.50 bits per heavy atom. The van der Waals surface area contributed by atoms with Crippen molar-refractivity contribution in [1.82, 2.24) is 0 Å². The lowest BCUT2D eigenvalue weighted by atomic mass is 9.75. The first-order chi connectivity index (χ1) is 8.61. The van der Waals surface area contributed by atoms with Crippen molar-refractivity contribution in [2.24, 2.45) is 5.73 Å². The van der Waals surface area contributed by atoms with Crippen LogP contribution in [0.1, 0.15) is 10.4 Å². The maximum Gasteiger partial charge on any atom is 0.489 e. The molecule has 0 radical (unpaired) electrons. The topological polar surface area (TPSA) is 83.6 Å². The molecule has 0 aliphatic carbocycles. The predicted octanol–water partition coefficient (Wildman–Crippen LogP) is 0.132. The maximum absolute atomic E-state index is 11.4. The molecule has 4 nitrogen and oxygen atoms in total. The molecule has 0 bridgehead atoms. The molecule has 0 aliphatic rings. The number of hydrogen-bond donors (Lipinski definition) is 3. The summed E-state index contributed by atoms with van der Waals surface area (Å²) in [5, 5.41) is 18.7. The molecule has 1 amide bonds. The number of primary amides is 1. The first-order valence-corrected chi connectivity index (χ1v) is 5.45. The number of amides is 1. The fraction of sp³-hybridized carbons (Fsp3) is 0. The van der Waals surface area contributed by atoms with Crippen LogP contribution >= 0.6 is 0 Å². The second-order valence-electron chi connectivity index (χ2n) is 3.87. The van der Waals surface area contributed by atoms with Gasteiger partial charge in [-0.3, -0.25) is 4.79 Å². The highest BCUT2D eigenvalue weighted by Crippen LogP contribution is 2.21. The molecule has 18 heavy (non-hydrogen) atoms. The Kier molecular flexibility index (Phi) is 3.46. The molecule has 4 N–H and O–H groups in total. The van der Waals surface area contributed by atoms with Crippen molar-refractivity contribution in [2.45, 2.75) is 0 Å². The monoisotopic (exact) mass is 241 g/mol. The van der Waals surface area contributed by atoms with Gasteiger partial charge in [-0.15, -0.1) is 0 Å². The summed E-state index contributed by atoms with van der Waals surface area (Å²) in [5.74, 6) is -0.548. The number of nitrogens with two attached hydrogens (primary N) is 1. The summed E-state index contributed by atoms with van der Waals surface area (Å²) in [6.45, 7) is 0. The molecule has 5 heteroatoms. The van der Waals surface area contributed by atoms with Crippen molar-refractivity contribution in [3.05, 3.63) is 54.1 Å². The molecule has 0 saturated heterocycles. The summed E-state index contributed by atoms with van der Waals surface area (Å²) in [5.41, 5.74) is 7.18. The van der Waals surface area contributed by atoms with E-state index in [2.05, 4.69) is 0 Å². The minimum absolute atomic E-state index is 0.339. The van der Waals surface area contributed by atoms with Gasteiger partial charge in [0.05, 0.1) is 0 Å². The largest absolute Gasteiger partial charge is 0.489 e. The van der Waals surface area contributed by atoms with E-state index in [0.717, 1.165) is 0 Å². The van der Waals surface area contributed by atoms with Crippen LogP contribution in [0.5, 0.6) is 0 Å². The molecule has 2 aromatic carbocycles. The molecule has 90 valence electrons. The minimum atomic E-state index is -1.60. The Balaban J connectivity index is 2.66. The zero-order chi connectivity index (χ0) is 13.1. The number of carbonyl (C=O) groups excluding carboxylic acids is 1. The van der Waals surface area contributed by atoms with E-state index in [1.54, 1.807) is 48.5 Å². The highest BCUT2D eigenvalue weighted by molar-refractivity contribution is 6.60. The molecular formula is C13H12BNO3. The lowest BCUT2D eigenvalue weighted by Crippen LogP contribution is -2.31. The van der Waals surface area contributed by atoms with Gasteiger partial charge in [-0.1, -0.05) is 42.5 Å². The second kappa shape index (κ2) is 5.04. The van der Waals surface area contributed by atoms with Gasteiger partial charge in [0.25, 0.3) is 0 Å². The summed E-state index contributed by atoms with van der Waals surface area (Å²) in [6, 6.07) is 13.6. The average molecular weight is 241 g/mol. The highest BCUT2D eigenvalue weighted by Gasteiger charge is 2.18. The SMILES string of the molecule is NC(=O)c1ccccc1-c1ccccc1B(O)O. The third-order valence-electron chi connectivity index (χ3n) is 2.72. The van der Waals surface area contributed by atoms with Crippen LogP contribution in [-0.4, -0.2) is 23.1 Å². The Bertz CT molecular complexity index is 584. The highest BCUT2D eigenvalue weighted by atomic mass is 16.4. The zero-order valence-corrected chi connectivity index (χ0v) is 9.58. The maximum atomic E-state index is 11.4. The van der Waals surface area contributed by atoms with Crippen molar-refractivity contribution >= 4 is 18.5 Å². The number of benzene rings is 2. The van der Waals surface area contributed by atoms with Gasteiger partial charge in [0, 0.05) is 5.56 Å². The second-order valence-corrected chi connectivity index (χ2v) is 3.87. The van der Waals surface area contributed by atoms with Crippen LogP contribution in [0, 0.1) is 0 Å². The van der Waals surface area contributed by atoms with Crippen LogP contribution in [0.4, 0.5) is 0 Å². The summed E-state index contributed by atoms with van der Waals surface area (Å²) >= 11 is 0. The van der Waals surface area contributed by atoms with Crippen LogP contribution in [0.2, 0.25) is 0 Å². The summed E-state index contributed by atoms with van der Waals surface area (Å²) in [6.07, 6.45) is 0. The standard InChI is InChI=1S/C13H12BNO3/c15-13(16)11-7-2-1-5-9(11)10-6-3-4-8-12(10)14(17)18/h1-8,17-18H,(H2,15,16). The van der Waals surface area contributed by atoms with E-state index in [9.17, 15) is 14.8 Å². The Labute approximate surface area is 105 Å². The Morgan fingerprint density at radius 1 is 0.944 bits per heavy atom. The van der Waals surface area contributed by atoms with Gasteiger partial charge in [0.15, 0.2) is 0 Å². The number of rotatable bonds is 3. The van der Waals surface area contributed by atoms with Crippen molar-refractivity contribution in [2.75, 3.05) is 0 Å². The van der Waals surface area contributed by atoms with Gasteiger partial charge in [-0.25, -0.2) is 0 Å². The fourth-order valence-electron chi connectivity index (χ4n) is 1.90. The molecule has 0 unspecified atom stereocenters. The van der Waals surface area contributed by atoms with Crippen LogP contribution in [0.15, 0.2) is 48.5 Å². The van der Waals surface area contributed by atoms with E-state index in [4.69, 9.17) is 5.73 Å². The minimum Gasteiger partial charge on any atom is -0.423 e. The van der Waals surface area contributed by atoms with E-state index in [1.807, 2.05) is 0 Å². The van der Waals surface area contributed by atoms with Gasteiger partial charge < -0.3 is 15.8 Å². The molecule has 0 atom stereocenters. The quantitative estimate of drug-likeness (QED) is 0.668. The zero-order valence-electron chi connectivity index (χ0n) is 9.58. The van der Waals surface area contributed by atoms with Gasteiger partial charge in [0.2, 0.25) is 5.91 Å². The molecule has 0 aliphatic heterocycles. The molecule has 0 fully saturated rings. The number of hydrogen-bond acceptors (Lipinski definition) is 3. The van der Waals surface area contributed by atoms with Crippen molar-refractivity contribution in [1.29, 1.82) is 0 Å². The first-order valence-electron chi connectivity index (χ1n) is 5.45. The average Bonchev–Trinajstić information content (AvgIpc) is 2.38. The van der Waals surface area contributed by atoms with Crippen LogP contribution in [0.25, 0.3) is 11.1 Å². The van der Waals surface area contributed by atoms with Crippen molar-refractivity contribution in [3.8, 4) is 11.1 Å². The lowest BCUT2D eigenvalue weighted by molar-refractivity contribution is 0.100. The third kappa shape index (κ3) is 2.27.